The van der Waals surface area contributed by atoms with Crippen molar-refractivity contribution in [2.75, 3.05) is 13.7 Å². The third-order valence-electron chi connectivity index (χ3n) is 4.63. The van der Waals surface area contributed by atoms with Crippen LogP contribution in [0.3, 0.4) is 0 Å². The van der Waals surface area contributed by atoms with Gasteiger partial charge in [0.25, 0.3) is 0 Å². The summed E-state index contributed by atoms with van der Waals surface area (Å²) in [5, 5.41) is 8.11. The van der Waals surface area contributed by atoms with E-state index in [1.165, 1.54) is 31.2 Å². The molecule has 108 valence electrons. The van der Waals surface area contributed by atoms with E-state index in [9.17, 15) is 0 Å². The van der Waals surface area contributed by atoms with Gasteiger partial charge in [-0.15, -0.1) is 0 Å². The Morgan fingerprint density at radius 3 is 2.74 bits per heavy atom. The molecule has 0 saturated heterocycles. The molecule has 0 radical (unpaired) electrons. The Morgan fingerprint density at radius 2 is 2.21 bits per heavy atom. The zero-order valence-corrected chi connectivity index (χ0v) is 13.3. The van der Waals surface area contributed by atoms with E-state index in [-0.39, 0.29) is 5.60 Å². The quantitative estimate of drug-likeness (QED) is 0.855. The number of likely N-dealkylation sites (N-methyl/N-ethyl adjacent to an activating group) is 1. The number of hydrogen-bond donors (Lipinski definition) is 1. The van der Waals surface area contributed by atoms with Crippen LogP contribution in [0.4, 0.5) is 0 Å². The van der Waals surface area contributed by atoms with Crippen molar-refractivity contribution in [3.05, 3.63) is 22.4 Å². The van der Waals surface area contributed by atoms with Crippen LogP contribution in [0.2, 0.25) is 0 Å². The summed E-state index contributed by atoms with van der Waals surface area (Å²) in [5.74, 6) is 0.853. The van der Waals surface area contributed by atoms with E-state index in [0.29, 0.717) is 6.04 Å². The molecule has 3 heteroatoms. The number of nitrogens with one attached hydrogen (secondary N) is 1. The van der Waals surface area contributed by atoms with Gasteiger partial charge in [0.1, 0.15) is 0 Å². The first-order valence-corrected chi connectivity index (χ1v) is 8.44. The molecule has 1 aromatic heterocycles. The zero-order chi connectivity index (χ0) is 13.7. The second kappa shape index (κ2) is 6.87. The molecule has 1 N–H and O–H groups in total. The maximum Gasteiger partial charge on any atom is 0.0834 e. The van der Waals surface area contributed by atoms with Crippen LogP contribution in [-0.4, -0.2) is 25.3 Å². The lowest BCUT2D eigenvalue weighted by atomic mass is 9.74. The Labute approximate surface area is 121 Å². The topological polar surface area (TPSA) is 21.3 Å². The number of rotatable bonds is 6. The summed E-state index contributed by atoms with van der Waals surface area (Å²) in [6.07, 6.45) is 6.04. The summed E-state index contributed by atoms with van der Waals surface area (Å²) < 4.78 is 6.03. The molecule has 19 heavy (non-hydrogen) atoms. The van der Waals surface area contributed by atoms with E-state index in [1.54, 1.807) is 11.3 Å². The normalized spacial score (nSPS) is 29.3. The monoisotopic (exact) mass is 281 g/mol. The van der Waals surface area contributed by atoms with Gasteiger partial charge in [0, 0.05) is 13.2 Å². The van der Waals surface area contributed by atoms with Gasteiger partial charge >= 0.3 is 0 Å². The van der Waals surface area contributed by atoms with Crippen LogP contribution in [-0.2, 0) is 11.2 Å². The number of methoxy groups -OCH3 is 1. The van der Waals surface area contributed by atoms with Gasteiger partial charge in [-0.25, -0.2) is 0 Å². The van der Waals surface area contributed by atoms with Crippen LogP contribution in [0.1, 0.15) is 45.1 Å². The summed E-state index contributed by atoms with van der Waals surface area (Å²) in [7, 11) is 1.90. The molecule has 1 aliphatic carbocycles. The molecule has 1 saturated carbocycles. The molecule has 0 spiro atoms. The Bertz CT molecular complexity index is 355. The van der Waals surface area contributed by atoms with E-state index in [2.05, 4.69) is 36.0 Å². The molecular formula is C16H27NOS. The van der Waals surface area contributed by atoms with Crippen molar-refractivity contribution in [3.8, 4) is 0 Å². The molecule has 0 aromatic carbocycles. The highest BCUT2D eigenvalue weighted by Gasteiger charge is 2.41. The second-order valence-electron chi connectivity index (χ2n) is 5.90. The summed E-state index contributed by atoms with van der Waals surface area (Å²) in [4.78, 5) is 0. The minimum absolute atomic E-state index is 0.0322. The standard InChI is InChI=1S/C16H27NOS/c1-4-17-15(11-14-7-10-19-12-14)16(18-3)8-5-13(2)6-9-16/h7,10,12-13,15,17H,4-6,8-9,11H2,1-3H3. The first-order chi connectivity index (χ1) is 9.20. The van der Waals surface area contributed by atoms with Crippen LogP contribution in [0.15, 0.2) is 16.8 Å². The van der Waals surface area contributed by atoms with E-state index < -0.39 is 0 Å². The number of ether oxygens (including phenoxy) is 1. The predicted octanol–water partition coefficient (Wildman–Crippen LogP) is 3.86. The van der Waals surface area contributed by atoms with Gasteiger partial charge in [-0.2, -0.15) is 11.3 Å². The van der Waals surface area contributed by atoms with E-state index in [1.807, 2.05) is 7.11 Å². The lowest BCUT2D eigenvalue weighted by Gasteiger charge is -2.44. The molecule has 1 fully saturated rings. The molecule has 2 nitrogen and oxygen atoms in total. The van der Waals surface area contributed by atoms with Crippen LogP contribution in [0.25, 0.3) is 0 Å². The smallest absolute Gasteiger partial charge is 0.0834 e. The maximum absolute atomic E-state index is 6.03. The average Bonchev–Trinajstić information content (AvgIpc) is 2.93. The van der Waals surface area contributed by atoms with Crippen molar-refractivity contribution >= 4 is 11.3 Å². The summed E-state index contributed by atoms with van der Waals surface area (Å²) >= 11 is 1.78. The molecule has 1 atom stereocenters. The molecule has 2 rings (SSSR count). The highest BCUT2D eigenvalue weighted by Crippen LogP contribution is 2.38. The molecule has 1 aromatic rings. The SMILES string of the molecule is CCNC(Cc1ccsc1)C1(OC)CCC(C)CC1. The Morgan fingerprint density at radius 1 is 1.47 bits per heavy atom. The van der Waals surface area contributed by atoms with E-state index >= 15 is 0 Å². The van der Waals surface area contributed by atoms with Crippen LogP contribution in [0, 0.1) is 5.92 Å². The van der Waals surface area contributed by atoms with Crippen molar-refractivity contribution in [2.24, 2.45) is 5.92 Å². The van der Waals surface area contributed by atoms with Crippen LogP contribution >= 0.6 is 11.3 Å². The van der Waals surface area contributed by atoms with Crippen molar-refractivity contribution in [1.29, 1.82) is 0 Å². The third-order valence-corrected chi connectivity index (χ3v) is 5.36. The third kappa shape index (κ3) is 3.59. The van der Waals surface area contributed by atoms with Gasteiger partial charge in [-0.05, 0) is 67.0 Å². The largest absolute Gasteiger partial charge is 0.377 e. The summed E-state index contributed by atoms with van der Waals surface area (Å²) in [6, 6.07) is 2.67. The minimum atomic E-state index is 0.0322. The van der Waals surface area contributed by atoms with Gasteiger partial charge in [-0.3, -0.25) is 0 Å². The average molecular weight is 281 g/mol. The van der Waals surface area contributed by atoms with Gasteiger partial charge in [0.2, 0.25) is 0 Å². The van der Waals surface area contributed by atoms with E-state index in [0.717, 1.165) is 18.9 Å². The van der Waals surface area contributed by atoms with E-state index in [4.69, 9.17) is 4.74 Å². The Balaban J connectivity index is 2.10. The molecule has 1 heterocycles. The molecule has 0 bridgehead atoms. The second-order valence-corrected chi connectivity index (χ2v) is 6.68. The first kappa shape index (κ1) is 15.0. The lowest BCUT2D eigenvalue weighted by Crippen LogP contribution is -2.54. The zero-order valence-electron chi connectivity index (χ0n) is 12.4. The molecular weight excluding hydrogens is 254 g/mol. The van der Waals surface area contributed by atoms with Gasteiger partial charge in [-0.1, -0.05) is 13.8 Å². The van der Waals surface area contributed by atoms with Gasteiger partial charge in [0.15, 0.2) is 0 Å². The molecule has 1 aliphatic rings. The van der Waals surface area contributed by atoms with Crippen LogP contribution < -0.4 is 5.32 Å². The van der Waals surface area contributed by atoms with Crippen LogP contribution in [0.5, 0.6) is 0 Å². The highest BCUT2D eigenvalue weighted by atomic mass is 32.1. The Hall–Kier alpha value is -0.380. The fraction of sp³-hybridized carbons (Fsp3) is 0.750. The van der Waals surface area contributed by atoms with Gasteiger partial charge in [0.05, 0.1) is 5.60 Å². The summed E-state index contributed by atoms with van der Waals surface area (Å²) in [5.41, 5.74) is 1.47. The maximum atomic E-state index is 6.03. The fourth-order valence-corrected chi connectivity index (χ4v) is 3.96. The van der Waals surface area contributed by atoms with Crippen molar-refractivity contribution in [3.63, 3.8) is 0 Å². The Kier molecular flexibility index (Phi) is 5.43. The van der Waals surface area contributed by atoms with Crippen molar-refractivity contribution in [1.82, 2.24) is 5.32 Å². The minimum Gasteiger partial charge on any atom is -0.377 e. The molecule has 1 unspecified atom stereocenters. The fourth-order valence-electron chi connectivity index (χ4n) is 3.28. The molecule has 0 aliphatic heterocycles. The number of hydrogen-bond acceptors (Lipinski definition) is 3. The van der Waals surface area contributed by atoms with Crippen molar-refractivity contribution in [2.45, 2.75) is 57.6 Å². The highest BCUT2D eigenvalue weighted by molar-refractivity contribution is 7.07. The molecule has 0 amide bonds. The first-order valence-electron chi connectivity index (χ1n) is 7.50. The number of thiophene rings is 1. The van der Waals surface area contributed by atoms with Crippen molar-refractivity contribution < 1.29 is 4.74 Å². The lowest BCUT2D eigenvalue weighted by molar-refractivity contribution is -0.0742. The predicted molar refractivity (Wildman–Crippen MR) is 82.9 cm³/mol. The summed E-state index contributed by atoms with van der Waals surface area (Å²) in [6.45, 7) is 5.56. The van der Waals surface area contributed by atoms with Gasteiger partial charge < -0.3 is 10.1 Å².